The van der Waals surface area contributed by atoms with E-state index in [2.05, 4.69) is 15.0 Å². The Morgan fingerprint density at radius 3 is 2.57 bits per heavy atom. The summed E-state index contributed by atoms with van der Waals surface area (Å²) in [6.45, 7) is 4.88. The lowest BCUT2D eigenvalue weighted by atomic mass is 10.3. The van der Waals surface area contributed by atoms with Crippen LogP contribution in [-0.2, 0) is 22.3 Å². The fourth-order valence-electron chi connectivity index (χ4n) is 2.65. The molecule has 3 heterocycles. The Bertz CT molecular complexity index is 737. The van der Waals surface area contributed by atoms with Crippen LogP contribution in [0.1, 0.15) is 17.1 Å². The van der Waals surface area contributed by atoms with E-state index in [1.807, 2.05) is 18.2 Å². The lowest BCUT2D eigenvalue weighted by Gasteiger charge is -2.33. The Morgan fingerprint density at radius 1 is 1.17 bits per heavy atom. The molecular weight excluding hydrogens is 316 g/mol. The van der Waals surface area contributed by atoms with Gasteiger partial charge in [-0.15, -0.1) is 0 Å². The van der Waals surface area contributed by atoms with Crippen LogP contribution in [0.2, 0.25) is 0 Å². The number of sulfonamides is 1. The van der Waals surface area contributed by atoms with Crippen LogP contribution >= 0.6 is 0 Å². The summed E-state index contributed by atoms with van der Waals surface area (Å²) >= 11 is 0. The number of nitrogens with zero attached hydrogens (tertiary/aromatic N) is 4. The van der Waals surface area contributed by atoms with E-state index in [0.717, 1.165) is 12.2 Å². The van der Waals surface area contributed by atoms with Crippen LogP contribution < -0.4 is 0 Å². The fourth-order valence-corrected chi connectivity index (χ4v) is 4.06. The van der Waals surface area contributed by atoms with E-state index in [-0.39, 0.29) is 5.75 Å². The fraction of sp³-hybridized carbons (Fsp3) is 0.467. The average molecular weight is 336 g/mol. The number of aryl methyl sites for hydroxylation is 1. The predicted octanol–water partition coefficient (Wildman–Crippen LogP) is 1.03. The molecular formula is C15H20N4O3S. The molecule has 2 aromatic rings. The zero-order valence-electron chi connectivity index (χ0n) is 13.1. The van der Waals surface area contributed by atoms with Gasteiger partial charge in [-0.05, 0) is 19.1 Å². The first-order chi connectivity index (χ1) is 11.0. The molecule has 0 aliphatic carbocycles. The summed E-state index contributed by atoms with van der Waals surface area (Å²) in [5.74, 6) is 0.514. The SMILES string of the molecule is Cc1cc(CS(=O)(=O)N2CCN(Cc3ccccn3)CC2)no1. The molecule has 0 aromatic carbocycles. The highest BCUT2D eigenvalue weighted by atomic mass is 32.2. The van der Waals surface area contributed by atoms with Crippen LogP contribution in [0.5, 0.6) is 0 Å². The van der Waals surface area contributed by atoms with Gasteiger partial charge >= 0.3 is 0 Å². The third-order valence-electron chi connectivity index (χ3n) is 3.84. The van der Waals surface area contributed by atoms with Gasteiger partial charge < -0.3 is 4.52 Å². The molecule has 0 radical (unpaired) electrons. The van der Waals surface area contributed by atoms with Crippen molar-refractivity contribution in [3.63, 3.8) is 0 Å². The Labute approximate surface area is 136 Å². The first-order valence-electron chi connectivity index (χ1n) is 7.55. The molecule has 2 aromatic heterocycles. The predicted molar refractivity (Wildman–Crippen MR) is 85.0 cm³/mol. The standard InChI is InChI=1S/C15H20N4O3S/c1-13-10-15(17-22-13)12-23(20,21)19-8-6-18(7-9-19)11-14-4-2-3-5-16-14/h2-5,10H,6-9,11-12H2,1H3. The first kappa shape index (κ1) is 16.1. The van der Waals surface area contributed by atoms with Crippen molar-refractivity contribution in [1.82, 2.24) is 19.3 Å². The maximum atomic E-state index is 12.4. The molecule has 1 aliphatic heterocycles. The van der Waals surface area contributed by atoms with Gasteiger partial charge in [0, 0.05) is 45.0 Å². The summed E-state index contributed by atoms with van der Waals surface area (Å²) in [5.41, 5.74) is 1.46. The Morgan fingerprint density at radius 2 is 1.96 bits per heavy atom. The Balaban J connectivity index is 1.55. The minimum absolute atomic E-state index is 0.107. The number of aromatic nitrogens is 2. The van der Waals surface area contributed by atoms with Crippen molar-refractivity contribution in [3.8, 4) is 0 Å². The van der Waals surface area contributed by atoms with Gasteiger partial charge in [-0.3, -0.25) is 9.88 Å². The number of hydrogen-bond donors (Lipinski definition) is 0. The van der Waals surface area contributed by atoms with Gasteiger partial charge in [0.2, 0.25) is 10.0 Å². The van der Waals surface area contributed by atoms with Gasteiger partial charge in [-0.1, -0.05) is 11.2 Å². The number of piperazine rings is 1. The van der Waals surface area contributed by atoms with Crippen molar-refractivity contribution in [2.45, 2.75) is 19.2 Å². The van der Waals surface area contributed by atoms with Gasteiger partial charge in [0.25, 0.3) is 0 Å². The van der Waals surface area contributed by atoms with Crippen LogP contribution in [0, 0.1) is 6.92 Å². The lowest BCUT2D eigenvalue weighted by Crippen LogP contribution is -2.48. The highest BCUT2D eigenvalue weighted by molar-refractivity contribution is 7.88. The molecule has 1 aliphatic rings. The van der Waals surface area contributed by atoms with E-state index in [1.165, 1.54) is 4.31 Å². The molecule has 0 amide bonds. The second-order valence-electron chi connectivity index (χ2n) is 5.68. The quantitative estimate of drug-likeness (QED) is 0.811. The molecule has 0 saturated carbocycles. The van der Waals surface area contributed by atoms with Crippen LogP contribution in [-0.4, -0.2) is 53.9 Å². The summed E-state index contributed by atoms with van der Waals surface area (Å²) in [4.78, 5) is 6.52. The highest BCUT2D eigenvalue weighted by Crippen LogP contribution is 2.14. The van der Waals surface area contributed by atoms with Crippen molar-refractivity contribution in [2.24, 2.45) is 0 Å². The zero-order chi connectivity index (χ0) is 16.3. The Hall–Kier alpha value is -1.77. The topological polar surface area (TPSA) is 79.5 Å². The van der Waals surface area contributed by atoms with Crippen LogP contribution in [0.4, 0.5) is 0 Å². The van der Waals surface area contributed by atoms with Crippen molar-refractivity contribution >= 4 is 10.0 Å². The molecule has 1 saturated heterocycles. The molecule has 0 bridgehead atoms. The van der Waals surface area contributed by atoms with E-state index in [1.54, 1.807) is 19.2 Å². The third-order valence-corrected chi connectivity index (χ3v) is 5.66. The molecule has 1 fully saturated rings. The molecule has 0 atom stereocenters. The van der Waals surface area contributed by atoms with Crippen LogP contribution in [0.25, 0.3) is 0 Å². The average Bonchev–Trinajstić information content (AvgIpc) is 2.93. The van der Waals surface area contributed by atoms with Crippen molar-refractivity contribution in [1.29, 1.82) is 0 Å². The molecule has 124 valence electrons. The Kier molecular flexibility index (Phi) is 4.74. The van der Waals surface area contributed by atoms with Gasteiger partial charge in [0.1, 0.15) is 17.2 Å². The van der Waals surface area contributed by atoms with Gasteiger partial charge in [0.15, 0.2) is 0 Å². The van der Waals surface area contributed by atoms with E-state index in [0.29, 0.717) is 37.6 Å². The summed E-state index contributed by atoms with van der Waals surface area (Å²) in [7, 11) is -3.35. The minimum atomic E-state index is -3.35. The molecule has 0 unspecified atom stereocenters. The van der Waals surface area contributed by atoms with Crippen LogP contribution in [0.15, 0.2) is 35.0 Å². The minimum Gasteiger partial charge on any atom is -0.361 e. The van der Waals surface area contributed by atoms with Gasteiger partial charge in [0.05, 0.1) is 5.69 Å². The maximum absolute atomic E-state index is 12.4. The molecule has 23 heavy (non-hydrogen) atoms. The highest BCUT2D eigenvalue weighted by Gasteiger charge is 2.28. The van der Waals surface area contributed by atoms with Crippen molar-refractivity contribution in [3.05, 3.63) is 47.6 Å². The lowest BCUT2D eigenvalue weighted by molar-refractivity contribution is 0.180. The summed E-state index contributed by atoms with van der Waals surface area (Å²) < 4.78 is 31.4. The van der Waals surface area contributed by atoms with E-state index < -0.39 is 10.0 Å². The number of rotatable bonds is 5. The summed E-state index contributed by atoms with van der Waals surface area (Å²) in [6.07, 6.45) is 1.77. The van der Waals surface area contributed by atoms with E-state index in [4.69, 9.17) is 4.52 Å². The van der Waals surface area contributed by atoms with Crippen molar-refractivity contribution < 1.29 is 12.9 Å². The molecule has 7 nitrogen and oxygen atoms in total. The second-order valence-corrected chi connectivity index (χ2v) is 7.65. The largest absolute Gasteiger partial charge is 0.361 e. The normalized spacial score (nSPS) is 17.4. The molecule has 0 spiro atoms. The number of pyridine rings is 1. The smallest absolute Gasteiger partial charge is 0.220 e. The maximum Gasteiger partial charge on any atom is 0.220 e. The zero-order valence-corrected chi connectivity index (χ0v) is 13.9. The molecule has 0 N–H and O–H groups in total. The van der Waals surface area contributed by atoms with Gasteiger partial charge in [-0.2, -0.15) is 4.31 Å². The molecule has 8 heteroatoms. The van der Waals surface area contributed by atoms with Gasteiger partial charge in [-0.25, -0.2) is 8.42 Å². The van der Waals surface area contributed by atoms with E-state index >= 15 is 0 Å². The van der Waals surface area contributed by atoms with Crippen LogP contribution in [0.3, 0.4) is 0 Å². The monoisotopic (exact) mass is 336 g/mol. The van der Waals surface area contributed by atoms with E-state index in [9.17, 15) is 8.42 Å². The number of hydrogen-bond acceptors (Lipinski definition) is 6. The first-order valence-corrected chi connectivity index (χ1v) is 9.16. The summed E-state index contributed by atoms with van der Waals surface area (Å²) in [6, 6.07) is 7.49. The molecule has 3 rings (SSSR count). The van der Waals surface area contributed by atoms with Crippen molar-refractivity contribution in [2.75, 3.05) is 26.2 Å². The second kappa shape index (κ2) is 6.77. The third kappa shape index (κ3) is 4.15. The summed E-state index contributed by atoms with van der Waals surface area (Å²) in [5, 5.41) is 3.77.